The average Bonchev–Trinajstić information content (AvgIpc) is 3.20. The van der Waals surface area contributed by atoms with Gasteiger partial charge < -0.3 is 15.3 Å². The van der Waals surface area contributed by atoms with Crippen LogP contribution < -0.4 is 0 Å². The van der Waals surface area contributed by atoms with Crippen LogP contribution in [-0.4, -0.2) is 31.6 Å². The third-order valence-corrected chi connectivity index (χ3v) is 6.68. The molecule has 5 rings (SSSR count). The minimum absolute atomic E-state index is 0.114. The van der Waals surface area contributed by atoms with Gasteiger partial charge in [-0.15, -0.1) is 0 Å². The largest absolute Gasteiger partial charge is 0.505 e. The summed E-state index contributed by atoms with van der Waals surface area (Å²) in [4.78, 5) is 15.9. The molecule has 0 aliphatic rings. The van der Waals surface area contributed by atoms with E-state index in [1.54, 1.807) is 31.2 Å². The van der Waals surface area contributed by atoms with Crippen molar-refractivity contribution in [3.8, 4) is 28.4 Å². The Balaban J connectivity index is 1.71. The summed E-state index contributed by atoms with van der Waals surface area (Å²) >= 11 is 0. The van der Waals surface area contributed by atoms with Crippen LogP contribution in [-0.2, 0) is 6.18 Å². The van der Waals surface area contributed by atoms with Crippen molar-refractivity contribution >= 4 is 28.3 Å². The second kappa shape index (κ2) is 10.1. The number of nitrogens with zero attached hydrogens (tertiary/aromatic N) is 2. The van der Waals surface area contributed by atoms with E-state index < -0.39 is 17.7 Å². The first-order valence-corrected chi connectivity index (χ1v) is 12.4. The maximum Gasteiger partial charge on any atom is 0.416 e. The highest BCUT2D eigenvalue weighted by Crippen LogP contribution is 2.41. The standard InChI is InChI=1S/C32H23F3N2O4/c1-17-12-18(2)14-23(13-17)37-27-16-22(32(33,34)35)10-11-25(27)28(30(37)39)19(3)36-26-9-5-8-24(29(26)38)20-6-4-7-21(15-20)31(40)41/h5-6,8-16,38-39H,1-3H3,(H,40,41). The van der Waals surface area contributed by atoms with E-state index in [2.05, 4.69) is 17.1 Å². The fraction of sp³-hybridized carbons (Fsp3) is 0.125. The number of aliphatic imine (C=N–C) groups is 1. The van der Waals surface area contributed by atoms with Crippen LogP contribution in [0.4, 0.5) is 18.9 Å². The molecule has 0 aliphatic heterocycles. The lowest BCUT2D eigenvalue weighted by Crippen LogP contribution is -2.05. The number of aromatic nitrogens is 1. The fourth-order valence-electron chi connectivity index (χ4n) is 4.94. The van der Waals surface area contributed by atoms with E-state index in [9.17, 15) is 33.3 Å². The molecule has 4 aromatic carbocycles. The van der Waals surface area contributed by atoms with Gasteiger partial charge in [0.05, 0.1) is 22.4 Å². The zero-order valence-electron chi connectivity index (χ0n) is 22.1. The van der Waals surface area contributed by atoms with Crippen LogP contribution in [0.2, 0.25) is 0 Å². The Hall–Kier alpha value is -5.23. The molecule has 0 bridgehead atoms. The monoisotopic (exact) mass is 556 g/mol. The summed E-state index contributed by atoms with van der Waals surface area (Å²) in [5.74, 6) is -1.75. The maximum atomic E-state index is 13.7. The van der Waals surface area contributed by atoms with Crippen LogP contribution in [0.15, 0.2) is 71.7 Å². The van der Waals surface area contributed by atoms with E-state index >= 15 is 0 Å². The van der Waals surface area contributed by atoms with Gasteiger partial charge in [0.25, 0.3) is 0 Å². The highest BCUT2D eigenvalue weighted by molar-refractivity contribution is 6.13. The van der Waals surface area contributed by atoms with Crippen molar-refractivity contribution in [3.63, 3.8) is 0 Å². The molecule has 0 saturated heterocycles. The van der Waals surface area contributed by atoms with Crippen LogP contribution in [0.5, 0.6) is 11.6 Å². The predicted molar refractivity (Wildman–Crippen MR) is 149 cm³/mol. The van der Waals surface area contributed by atoms with Crippen LogP contribution in [0.25, 0.3) is 27.7 Å². The number of para-hydroxylation sites is 1. The van der Waals surface area contributed by atoms with Gasteiger partial charge in [0.15, 0.2) is 0 Å². The number of aromatic carboxylic acids is 1. The van der Waals surface area contributed by atoms with Crippen molar-refractivity contribution < 1.29 is 33.3 Å². The molecule has 206 valence electrons. The van der Waals surface area contributed by atoms with E-state index in [0.717, 1.165) is 23.3 Å². The summed E-state index contributed by atoms with van der Waals surface area (Å²) in [6.07, 6.45) is -4.59. The molecule has 0 radical (unpaired) electrons. The van der Waals surface area contributed by atoms with E-state index in [4.69, 9.17) is 0 Å². The Morgan fingerprint density at radius 3 is 2.34 bits per heavy atom. The number of rotatable bonds is 5. The molecular weight excluding hydrogens is 533 g/mol. The van der Waals surface area contributed by atoms with Crippen molar-refractivity contribution in [2.45, 2.75) is 26.9 Å². The first-order chi connectivity index (χ1) is 19.3. The number of benzene rings is 3. The smallest absolute Gasteiger partial charge is 0.416 e. The number of phenolic OH excluding ortho intramolecular Hbond substituents is 1. The summed E-state index contributed by atoms with van der Waals surface area (Å²) in [7, 11) is 0. The summed E-state index contributed by atoms with van der Waals surface area (Å²) in [5, 5.41) is 32.1. The van der Waals surface area contributed by atoms with Gasteiger partial charge >= 0.3 is 12.1 Å². The first kappa shape index (κ1) is 27.3. The molecule has 9 heteroatoms. The van der Waals surface area contributed by atoms with Gasteiger partial charge in [-0.2, -0.15) is 13.2 Å². The van der Waals surface area contributed by atoms with Crippen LogP contribution in [0.3, 0.4) is 0 Å². The molecular formula is C32H23F3N2O4. The summed E-state index contributed by atoms with van der Waals surface area (Å²) in [5.41, 5.74) is 2.59. The van der Waals surface area contributed by atoms with Crippen molar-refractivity contribution in [1.29, 1.82) is 0 Å². The minimum atomic E-state index is -4.59. The van der Waals surface area contributed by atoms with Gasteiger partial charge in [-0.1, -0.05) is 36.4 Å². The quantitative estimate of drug-likeness (QED) is 0.193. The van der Waals surface area contributed by atoms with Crippen LogP contribution >= 0.6 is 0 Å². The molecule has 41 heavy (non-hydrogen) atoms. The number of aromatic hydroxyl groups is 2. The molecule has 6 nitrogen and oxygen atoms in total. The second-order valence-electron chi connectivity index (χ2n) is 9.71. The van der Waals surface area contributed by atoms with Gasteiger partial charge in [-0.05, 0) is 79.9 Å². The van der Waals surface area contributed by atoms with E-state index in [0.29, 0.717) is 22.2 Å². The molecule has 0 spiro atoms. The van der Waals surface area contributed by atoms with Gasteiger partial charge in [0.2, 0.25) is 5.88 Å². The van der Waals surface area contributed by atoms with Gasteiger partial charge in [-0.25, -0.2) is 9.79 Å². The number of carboxylic acid groups (broad SMARTS) is 1. The third-order valence-electron chi connectivity index (χ3n) is 6.68. The van der Waals surface area contributed by atoms with Gasteiger partial charge in [0.1, 0.15) is 17.0 Å². The summed E-state index contributed by atoms with van der Waals surface area (Å²) in [6, 6.07) is 21.3. The van der Waals surface area contributed by atoms with Crippen molar-refractivity contribution in [2.75, 3.05) is 0 Å². The Morgan fingerprint density at radius 1 is 0.976 bits per heavy atom. The normalized spacial score (nSPS) is 12.0. The molecule has 0 amide bonds. The second-order valence-corrected chi connectivity index (χ2v) is 9.71. The van der Waals surface area contributed by atoms with E-state index in [-0.39, 0.29) is 39.7 Å². The Kier molecular flexibility index (Phi) is 6.71. The predicted octanol–water partition coefficient (Wildman–Crippen LogP) is 7.78. The Bertz CT molecular complexity index is 1850. The fourth-order valence-corrected chi connectivity index (χ4v) is 4.94. The number of hydrogen-bond donors (Lipinski definition) is 3. The number of fused-ring (bicyclic) bond motifs is 1. The average molecular weight is 557 g/mol. The van der Waals surface area contributed by atoms with Gasteiger partial charge in [0, 0.05) is 16.6 Å². The summed E-state index contributed by atoms with van der Waals surface area (Å²) in [6.45, 7) is 5.29. The highest BCUT2D eigenvalue weighted by atomic mass is 19.4. The SMILES string of the molecule is CC(=Nc1cccc(-c2cc#cc(C(=O)O)c2)c1O)c1c(O)n(-c2cc(C)cc(C)c2)c2cc(C(F)(F)F)ccc12. The zero-order valence-corrected chi connectivity index (χ0v) is 22.1. The van der Waals surface area contributed by atoms with E-state index in [1.807, 2.05) is 19.9 Å². The van der Waals surface area contributed by atoms with Crippen LogP contribution in [0, 0.1) is 26.0 Å². The Morgan fingerprint density at radius 2 is 1.68 bits per heavy atom. The molecule has 0 aliphatic carbocycles. The molecule has 1 aromatic heterocycles. The van der Waals surface area contributed by atoms with Crippen molar-refractivity contribution in [2.24, 2.45) is 4.99 Å². The van der Waals surface area contributed by atoms with Crippen molar-refractivity contribution in [3.05, 3.63) is 107 Å². The number of phenols is 1. The molecule has 3 N–H and O–H groups in total. The lowest BCUT2D eigenvalue weighted by atomic mass is 10.0. The first-order valence-electron chi connectivity index (χ1n) is 12.4. The topological polar surface area (TPSA) is 95.1 Å². The lowest BCUT2D eigenvalue weighted by molar-refractivity contribution is -0.137. The van der Waals surface area contributed by atoms with Crippen molar-refractivity contribution in [1.82, 2.24) is 4.57 Å². The lowest BCUT2D eigenvalue weighted by Gasteiger charge is -2.11. The summed E-state index contributed by atoms with van der Waals surface area (Å²) < 4.78 is 42.3. The molecule has 5 aromatic rings. The van der Waals surface area contributed by atoms with Gasteiger partial charge in [-0.3, -0.25) is 4.57 Å². The maximum absolute atomic E-state index is 13.7. The number of carbonyl (C=O) groups is 1. The van der Waals surface area contributed by atoms with Crippen LogP contribution in [0.1, 0.15) is 39.5 Å². The molecule has 0 saturated carbocycles. The highest BCUT2D eigenvalue weighted by Gasteiger charge is 2.32. The third kappa shape index (κ3) is 5.08. The number of hydrogen-bond acceptors (Lipinski definition) is 4. The minimum Gasteiger partial charge on any atom is -0.505 e. The Labute approximate surface area is 233 Å². The number of carboxylic acids is 1. The number of halogens is 3. The van der Waals surface area contributed by atoms with E-state index in [1.165, 1.54) is 28.8 Å². The molecule has 0 unspecified atom stereocenters. The molecule has 0 atom stereocenters. The molecule has 1 heterocycles. The zero-order chi connectivity index (χ0) is 29.6. The number of aryl methyl sites for hydroxylation is 2. The number of alkyl halides is 3. The molecule has 0 fully saturated rings.